The highest BCUT2D eigenvalue weighted by Crippen LogP contribution is 2.24. The van der Waals surface area contributed by atoms with Crippen LogP contribution in [0.1, 0.15) is 16.1 Å². The van der Waals surface area contributed by atoms with Gasteiger partial charge in [0.2, 0.25) is 5.76 Å². The number of benzene rings is 1. The van der Waals surface area contributed by atoms with Gasteiger partial charge in [-0.3, -0.25) is 4.98 Å². The maximum absolute atomic E-state index is 11.0. The highest BCUT2D eigenvalue weighted by Gasteiger charge is 2.13. The Balaban J connectivity index is 1.88. The third-order valence-corrected chi connectivity index (χ3v) is 3.52. The number of nitrogens with zero attached hydrogens (tertiary/aromatic N) is 1. The predicted octanol–water partition coefficient (Wildman–Crippen LogP) is 3.90. The summed E-state index contributed by atoms with van der Waals surface area (Å²) in [4.78, 5) is 15.4. The Morgan fingerprint density at radius 2 is 2.24 bits per heavy atom. The lowest BCUT2D eigenvalue weighted by atomic mass is 10.2. The minimum Gasteiger partial charge on any atom is -0.475 e. The monoisotopic (exact) mass is 346 g/mol. The van der Waals surface area contributed by atoms with Crippen LogP contribution >= 0.6 is 15.9 Å². The fraction of sp³-hybridized carbons (Fsp3) is 0.0667. The third kappa shape index (κ3) is 2.75. The average molecular weight is 347 g/mol. The summed E-state index contributed by atoms with van der Waals surface area (Å²) in [5.41, 5.74) is 2.27. The van der Waals surface area contributed by atoms with Gasteiger partial charge in [-0.1, -0.05) is 12.1 Å². The van der Waals surface area contributed by atoms with E-state index in [9.17, 15) is 4.79 Å². The van der Waals surface area contributed by atoms with E-state index in [4.69, 9.17) is 9.52 Å². The molecule has 0 unspecified atom stereocenters. The molecule has 2 aromatic heterocycles. The number of carboxylic acid groups (broad SMARTS) is 1. The maximum atomic E-state index is 11.0. The van der Waals surface area contributed by atoms with Crippen LogP contribution in [0.5, 0.6) is 0 Å². The molecular weight excluding hydrogens is 336 g/mol. The number of carboxylic acids is 1. The lowest BCUT2D eigenvalue weighted by Crippen LogP contribution is -2.05. The second-order valence-corrected chi connectivity index (χ2v) is 5.38. The Labute approximate surface area is 128 Å². The van der Waals surface area contributed by atoms with E-state index in [0.717, 1.165) is 21.1 Å². The average Bonchev–Trinajstić information content (AvgIpc) is 2.93. The van der Waals surface area contributed by atoms with Gasteiger partial charge in [-0.15, -0.1) is 0 Å². The van der Waals surface area contributed by atoms with Crippen molar-refractivity contribution in [1.82, 2.24) is 4.98 Å². The number of rotatable bonds is 4. The molecule has 0 saturated carbocycles. The minimum atomic E-state index is -1.07. The number of hydrogen-bond acceptors (Lipinski definition) is 4. The van der Waals surface area contributed by atoms with Crippen LogP contribution in [0.4, 0.5) is 5.69 Å². The topological polar surface area (TPSA) is 75.4 Å². The second-order valence-electron chi connectivity index (χ2n) is 4.46. The van der Waals surface area contributed by atoms with Crippen molar-refractivity contribution >= 4 is 38.5 Å². The van der Waals surface area contributed by atoms with Gasteiger partial charge < -0.3 is 14.8 Å². The largest absolute Gasteiger partial charge is 0.475 e. The number of aromatic nitrogens is 1. The number of anilines is 1. The standard InChI is InChI=1S/C15H11BrN2O3/c16-11-6-9-2-1-3-12(13(9)18-8-11)17-7-10-4-5-21-14(10)15(19)20/h1-6,8,17H,7H2,(H,19,20). The van der Waals surface area contributed by atoms with Crippen molar-refractivity contribution in [2.45, 2.75) is 6.54 Å². The Kier molecular flexibility index (Phi) is 3.62. The van der Waals surface area contributed by atoms with Crippen LogP contribution in [0.3, 0.4) is 0 Å². The number of halogens is 1. The quantitative estimate of drug-likeness (QED) is 0.749. The van der Waals surface area contributed by atoms with Crippen LogP contribution in [-0.2, 0) is 6.54 Å². The molecule has 0 bridgehead atoms. The Morgan fingerprint density at radius 3 is 3.05 bits per heavy atom. The SMILES string of the molecule is O=C(O)c1occc1CNc1cccc2cc(Br)cnc12. The number of hydrogen-bond donors (Lipinski definition) is 2. The molecule has 3 rings (SSSR count). The molecule has 0 aliphatic heterocycles. The minimum absolute atomic E-state index is 0.0431. The molecule has 1 aromatic carbocycles. The second kappa shape index (κ2) is 5.57. The Bertz CT molecular complexity index is 814. The van der Waals surface area contributed by atoms with Crippen molar-refractivity contribution < 1.29 is 14.3 Å². The lowest BCUT2D eigenvalue weighted by molar-refractivity contribution is 0.0661. The van der Waals surface area contributed by atoms with Crippen molar-refractivity contribution in [3.8, 4) is 0 Å². The molecule has 5 nitrogen and oxygen atoms in total. The summed E-state index contributed by atoms with van der Waals surface area (Å²) in [6.45, 7) is 0.356. The van der Waals surface area contributed by atoms with Crippen LogP contribution in [0.2, 0.25) is 0 Å². The summed E-state index contributed by atoms with van der Waals surface area (Å²) in [5, 5.41) is 13.2. The number of carbonyl (C=O) groups is 1. The van der Waals surface area contributed by atoms with Crippen LogP contribution in [0, 0.1) is 0 Å². The number of nitrogens with one attached hydrogen (secondary N) is 1. The van der Waals surface area contributed by atoms with Crippen LogP contribution < -0.4 is 5.32 Å². The highest BCUT2D eigenvalue weighted by atomic mass is 79.9. The maximum Gasteiger partial charge on any atom is 0.372 e. The number of fused-ring (bicyclic) bond motifs is 1. The molecule has 21 heavy (non-hydrogen) atoms. The molecular formula is C15H11BrN2O3. The highest BCUT2D eigenvalue weighted by molar-refractivity contribution is 9.10. The molecule has 0 fully saturated rings. The summed E-state index contributed by atoms with van der Waals surface area (Å²) in [7, 11) is 0. The van der Waals surface area contributed by atoms with Gasteiger partial charge in [0.15, 0.2) is 0 Å². The van der Waals surface area contributed by atoms with E-state index >= 15 is 0 Å². The predicted molar refractivity (Wildman–Crippen MR) is 82.4 cm³/mol. The zero-order valence-corrected chi connectivity index (χ0v) is 12.4. The molecule has 0 spiro atoms. The number of furan rings is 1. The first-order valence-electron chi connectivity index (χ1n) is 6.23. The smallest absolute Gasteiger partial charge is 0.372 e. The Hall–Kier alpha value is -2.34. The van der Waals surface area contributed by atoms with E-state index in [0.29, 0.717) is 12.1 Å². The first kappa shape index (κ1) is 13.6. The van der Waals surface area contributed by atoms with Gasteiger partial charge in [0.25, 0.3) is 0 Å². The van der Waals surface area contributed by atoms with Gasteiger partial charge >= 0.3 is 5.97 Å². The van der Waals surface area contributed by atoms with E-state index in [1.54, 1.807) is 12.3 Å². The van der Waals surface area contributed by atoms with Crippen molar-refractivity contribution in [1.29, 1.82) is 0 Å². The molecule has 0 aliphatic rings. The number of aromatic carboxylic acids is 1. The molecule has 6 heteroatoms. The third-order valence-electron chi connectivity index (χ3n) is 3.09. The summed E-state index contributed by atoms with van der Waals surface area (Å²) in [6, 6.07) is 9.43. The van der Waals surface area contributed by atoms with E-state index in [1.165, 1.54) is 6.26 Å². The van der Waals surface area contributed by atoms with Crippen LogP contribution in [-0.4, -0.2) is 16.1 Å². The van der Waals surface area contributed by atoms with Crippen LogP contribution in [0.25, 0.3) is 10.9 Å². The molecule has 0 radical (unpaired) electrons. The van der Waals surface area contributed by atoms with Gasteiger partial charge in [-0.25, -0.2) is 4.79 Å². The van der Waals surface area contributed by atoms with Crippen LogP contribution in [0.15, 0.2) is 51.7 Å². The van der Waals surface area contributed by atoms with E-state index in [2.05, 4.69) is 26.2 Å². The van der Waals surface area contributed by atoms with Gasteiger partial charge in [-0.2, -0.15) is 0 Å². The molecule has 0 saturated heterocycles. The number of para-hydroxylation sites is 1. The number of pyridine rings is 1. The summed E-state index contributed by atoms with van der Waals surface area (Å²) in [6.07, 6.45) is 3.10. The van der Waals surface area contributed by atoms with E-state index in [-0.39, 0.29) is 5.76 Å². The first-order chi connectivity index (χ1) is 10.1. The Morgan fingerprint density at radius 1 is 1.38 bits per heavy atom. The van der Waals surface area contributed by atoms with Gasteiger partial charge in [-0.05, 0) is 34.1 Å². The lowest BCUT2D eigenvalue weighted by Gasteiger charge is -2.08. The van der Waals surface area contributed by atoms with E-state index < -0.39 is 5.97 Å². The fourth-order valence-electron chi connectivity index (χ4n) is 2.13. The molecule has 0 atom stereocenters. The van der Waals surface area contributed by atoms with Crippen molar-refractivity contribution in [2.24, 2.45) is 0 Å². The zero-order chi connectivity index (χ0) is 14.8. The van der Waals surface area contributed by atoms with Crippen molar-refractivity contribution in [3.05, 3.63) is 58.6 Å². The normalized spacial score (nSPS) is 10.7. The summed E-state index contributed by atoms with van der Waals surface area (Å²) < 4.78 is 5.87. The van der Waals surface area contributed by atoms with Crippen molar-refractivity contribution in [3.63, 3.8) is 0 Å². The molecule has 0 aliphatic carbocycles. The van der Waals surface area contributed by atoms with Crippen molar-refractivity contribution in [2.75, 3.05) is 5.32 Å². The summed E-state index contributed by atoms with van der Waals surface area (Å²) >= 11 is 3.39. The molecule has 106 valence electrons. The fourth-order valence-corrected chi connectivity index (χ4v) is 2.48. The molecule has 3 aromatic rings. The molecule has 2 N–H and O–H groups in total. The molecule has 0 amide bonds. The summed E-state index contributed by atoms with van der Waals surface area (Å²) in [5.74, 6) is -1.12. The van der Waals surface area contributed by atoms with Gasteiger partial charge in [0.1, 0.15) is 0 Å². The first-order valence-corrected chi connectivity index (χ1v) is 7.02. The zero-order valence-electron chi connectivity index (χ0n) is 10.8. The van der Waals surface area contributed by atoms with E-state index in [1.807, 2.05) is 24.3 Å². The van der Waals surface area contributed by atoms with Gasteiger partial charge in [0, 0.05) is 28.2 Å². The molecule has 2 heterocycles. The van der Waals surface area contributed by atoms with Gasteiger partial charge in [0.05, 0.1) is 17.5 Å².